The largest absolute Gasteiger partial charge is 0.274 e. The Kier molecular flexibility index (Phi) is 2.30. The van der Waals surface area contributed by atoms with Crippen LogP contribution >= 0.6 is 22.6 Å². The molecule has 0 aliphatic carbocycles. The van der Waals surface area contributed by atoms with Crippen LogP contribution in [0, 0.1) is 3.57 Å². The van der Waals surface area contributed by atoms with Crippen molar-refractivity contribution in [2.75, 3.05) is 0 Å². The molecule has 0 radical (unpaired) electrons. The van der Waals surface area contributed by atoms with Gasteiger partial charge < -0.3 is 0 Å². The highest BCUT2D eigenvalue weighted by atomic mass is 127. The summed E-state index contributed by atoms with van der Waals surface area (Å²) in [4.78, 5) is 4.24. The molecule has 2 rings (SSSR count). The molecule has 0 aliphatic heterocycles. The Hall–Kier alpha value is -0.910. The van der Waals surface area contributed by atoms with E-state index in [9.17, 15) is 0 Å². The van der Waals surface area contributed by atoms with Crippen LogP contribution in [0.5, 0.6) is 0 Å². The molecule has 0 amide bonds. The van der Waals surface area contributed by atoms with Gasteiger partial charge >= 0.3 is 0 Å². The van der Waals surface area contributed by atoms with Crippen molar-refractivity contribution in [1.82, 2.24) is 14.8 Å². The molecule has 0 fully saturated rings. The normalized spacial score (nSPS) is 10.3. The summed E-state index contributed by atoms with van der Waals surface area (Å²) in [6.45, 7) is 0. The second kappa shape index (κ2) is 3.45. The fourth-order valence-electron chi connectivity index (χ4n) is 1.14. The predicted molar refractivity (Wildman–Crippen MR) is 59.2 cm³/mol. The van der Waals surface area contributed by atoms with Crippen molar-refractivity contribution in [2.24, 2.45) is 7.05 Å². The van der Waals surface area contributed by atoms with Crippen molar-refractivity contribution in [3.8, 4) is 11.4 Å². The molecule has 0 saturated heterocycles. The summed E-state index contributed by atoms with van der Waals surface area (Å²) in [5.74, 6) is 0. The maximum absolute atomic E-state index is 4.33. The summed E-state index contributed by atoms with van der Waals surface area (Å²) in [6, 6.07) is 5.83. The first-order valence-electron chi connectivity index (χ1n) is 3.88. The highest BCUT2D eigenvalue weighted by Crippen LogP contribution is 2.20. The van der Waals surface area contributed by atoms with Gasteiger partial charge in [-0.1, -0.05) is 6.07 Å². The zero-order valence-corrected chi connectivity index (χ0v) is 9.26. The molecule has 0 bridgehead atoms. The molecule has 13 heavy (non-hydrogen) atoms. The van der Waals surface area contributed by atoms with Gasteiger partial charge in [0.25, 0.3) is 0 Å². The second-order valence-electron chi connectivity index (χ2n) is 2.71. The van der Waals surface area contributed by atoms with Crippen molar-refractivity contribution in [2.45, 2.75) is 0 Å². The monoisotopic (exact) mass is 285 g/mol. The van der Waals surface area contributed by atoms with Crippen LogP contribution < -0.4 is 0 Å². The Labute approximate surface area is 89.9 Å². The lowest BCUT2D eigenvalue weighted by Gasteiger charge is -1.94. The number of hydrogen-bond donors (Lipinski definition) is 0. The van der Waals surface area contributed by atoms with Crippen LogP contribution in [0.1, 0.15) is 0 Å². The zero-order valence-electron chi connectivity index (χ0n) is 7.11. The Morgan fingerprint density at radius 2 is 2.23 bits per heavy atom. The first kappa shape index (κ1) is 8.68. The van der Waals surface area contributed by atoms with Gasteiger partial charge in [0.05, 0.1) is 9.26 Å². The van der Waals surface area contributed by atoms with Crippen molar-refractivity contribution in [3.05, 3.63) is 34.2 Å². The molecule has 3 nitrogen and oxygen atoms in total. The van der Waals surface area contributed by atoms with E-state index >= 15 is 0 Å². The van der Waals surface area contributed by atoms with Crippen LogP contribution in [0.4, 0.5) is 0 Å². The van der Waals surface area contributed by atoms with Crippen LogP contribution in [0.2, 0.25) is 0 Å². The fourth-order valence-corrected chi connectivity index (χ4v) is 1.92. The molecule has 0 aromatic carbocycles. The van der Waals surface area contributed by atoms with Gasteiger partial charge in [-0.3, -0.25) is 9.67 Å². The third-order valence-corrected chi connectivity index (χ3v) is 2.48. The maximum atomic E-state index is 4.33. The number of hydrogen-bond acceptors (Lipinski definition) is 2. The summed E-state index contributed by atoms with van der Waals surface area (Å²) in [7, 11) is 1.91. The van der Waals surface area contributed by atoms with E-state index in [1.54, 1.807) is 10.9 Å². The molecule has 66 valence electrons. The molecule has 0 saturated carbocycles. The minimum atomic E-state index is 0.924. The number of nitrogens with zero attached hydrogens (tertiary/aromatic N) is 3. The minimum Gasteiger partial charge on any atom is -0.274 e. The predicted octanol–water partition coefficient (Wildman–Crippen LogP) is 2.09. The first-order valence-corrected chi connectivity index (χ1v) is 4.96. The van der Waals surface area contributed by atoms with Gasteiger partial charge in [-0.05, 0) is 34.7 Å². The lowest BCUT2D eigenvalue weighted by atomic mass is 10.3. The van der Waals surface area contributed by atoms with Crippen molar-refractivity contribution < 1.29 is 0 Å². The van der Waals surface area contributed by atoms with E-state index in [1.807, 2.05) is 31.4 Å². The van der Waals surface area contributed by atoms with Crippen LogP contribution in [-0.4, -0.2) is 14.8 Å². The zero-order chi connectivity index (χ0) is 9.26. The Morgan fingerprint density at radius 1 is 1.38 bits per heavy atom. The lowest BCUT2D eigenvalue weighted by molar-refractivity contribution is 0.769. The van der Waals surface area contributed by atoms with Gasteiger partial charge in [-0.2, -0.15) is 5.10 Å². The van der Waals surface area contributed by atoms with Crippen LogP contribution in [0.15, 0.2) is 30.6 Å². The summed E-state index contributed by atoms with van der Waals surface area (Å²) < 4.78 is 2.92. The molecule has 2 aromatic rings. The van der Waals surface area contributed by atoms with E-state index in [-0.39, 0.29) is 0 Å². The number of aryl methyl sites for hydroxylation is 1. The summed E-state index contributed by atoms with van der Waals surface area (Å²) in [5, 5.41) is 4.33. The third-order valence-electron chi connectivity index (χ3n) is 1.69. The number of rotatable bonds is 1. The number of halogens is 1. The Bertz CT molecular complexity index is 408. The average Bonchev–Trinajstić information content (AvgIpc) is 2.47. The number of aromatic nitrogens is 3. The van der Waals surface area contributed by atoms with Crippen LogP contribution in [-0.2, 0) is 7.05 Å². The lowest BCUT2D eigenvalue weighted by Crippen LogP contribution is -1.89. The summed E-state index contributed by atoms with van der Waals surface area (Å²) in [6.07, 6.45) is 3.75. The van der Waals surface area contributed by atoms with Crippen LogP contribution in [0.25, 0.3) is 11.4 Å². The quantitative estimate of drug-likeness (QED) is 0.751. The van der Waals surface area contributed by atoms with Crippen molar-refractivity contribution >= 4 is 22.6 Å². The van der Waals surface area contributed by atoms with E-state index in [0.717, 1.165) is 15.0 Å². The van der Waals surface area contributed by atoms with E-state index in [4.69, 9.17) is 0 Å². The highest BCUT2D eigenvalue weighted by Gasteiger charge is 2.07. The molecule has 0 aliphatic rings. The fraction of sp³-hybridized carbons (Fsp3) is 0.111. The molecular weight excluding hydrogens is 277 g/mol. The molecule has 4 heteroatoms. The van der Waals surface area contributed by atoms with Gasteiger partial charge in [0.1, 0.15) is 5.69 Å². The van der Waals surface area contributed by atoms with E-state index in [0.29, 0.717) is 0 Å². The van der Waals surface area contributed by atoms with Crippen molar-refractivity contribution in [1.29, 1.82) is 0 Å². The van der Waals surface area contributed by atoms with Gasteiger partial charge in [0.2, 0.25) is 0 Å². The molecular formula is C9H8IN3. The van der Waals surface area contributed by atoms with E-state index in [1.165, 1.54) is 0 Å². The standard InChI is InChI=1S/C9H8IN3/c1-13-6-7(10)9(12-13)8-4-2-3-5-11-8/h2-6H,1H3. The molecule has 0 N–H and O–H groups in total. The van der Waals surface area contributed by atoms with Gasteiger partial charge in [0.15, 0.2) is 0 Å². The topological polar surface area (TPSA) is 30.7 Å². The summed E-state index contributed by atoms with van der Waals surface area (Å²) in [5.41, 5.74) is 1.87. The number of pyridine rings is 1. The maximum Gasteiger partial charge on any atom is 0.124 e. The SMILES string of the molecule is Cn1cc(I)c(-c2ccccn2)n1. The average molecular weight is 285 g/mol. The van der Waals surface area contributed by atoms with E-state index in [2.05, 4.69) is 32.7 Å². The van der Waals surface area contributed by atoms with Gasteiger partial charge in [-0.15, -0.1) is 0 Å². The van der Waals surface area contributed by atoms with Crippen molar-refractivity contribution in [3.63, 3.8) is 0 Å². The molecule has 2 aromatic heterocycles. The van der Waals surface area contributed by atoms with Gasteiger partial charge in [-0.25, -0.2) is 0 Å². The van der Waals surface area contributed by atoms with E-state index < -0.39 is 0 Å². The highest BCUT2D eigenvalue weighted by molar-refractivity contribution is 14.1. The third kappa shape index (κ3) is 1.72. The molecule has 2 heterocycles. The molecule has 0 atom stereocenters. The second-order valence-corrected chi connectivity index (χ2v) is 3.88. The Balaban J connectivity index is 2.53. The summed E-state index contributed by atoms with van der Waals surface area (Å²) >= 11 is 2.26. The smallest absolute Gasteiger partial charge is 0.124 e. The minimum absolute atomic E-state index is 0.924. The van der Waals surface area contributed by atoms with Crippen LogP contribution in [0.3, 0.4) is 0 Å². The Morgan fingerprint density at radius 3 is 2.77 bits per heavy atom. The first-order chi connectivity index (χ1) is 6.27. The molecule has 0 spiro atoms. The molecule has 0 unspecified atom stereocenters. The van der Waals surface area contributed by atoms with Gasteiger partial charge in [0, 0.05) is 19.4 Å².